The van der Waals surface area contributed by atoms with Gasteiger partial charge >= 0.3 is 11.9 Å². The lowest BCUT2D eigenvalue weighted by molar-refractivity contribution is -0.156. The number of hydrogen-bond acceptors (Lipinski definition) is 20. The Labute approximate surface area is 587 Å². The van der Waals surface area contributed by atoms with E-state index < -0.39 is 133 Å². The van der Waals surface area contributed by atoms with Crippen molar-refractivity contribution in [1.29, 1.82) is 0 Å². The van der Waals surface area contributed by atoms with E-state index in [1.54, 1.807) is 54.4 Å². The number of carbonyl (C=O) groups is 2. The second-order valence-corrected chi connectivity index (χ2v) is 30.3. The van der Waals surface area contributed by atoms with Crippen LogP contribution in [0, 0.1) is 47.3 Å². The van der Waals surface area contributed by atoms with Gasteiger partial charge in [-0.3, -0.25) is 0 Å². The average molecular weight is 1390 g/mol. The summed E-state index contributed by atoms with van der Waals surface area (Å²) < 4.78 is 61.5. The molecule has 98 heavy (non-hydrogen) atoms. The highest BCUT2D eigenvalue weighted by Crippen LogP contribution is 2.37. The van der Waals surface area contributed by atoms with Gasteiger partial charge in [-0.2, -0.15) is 0 Å². The van der Waals surface area contributed by atoms with Crippen molar-refractivity contribution in [3.8, 4) is 0 Å². The van der Waals surface area contributed by atoms with Crippen molar-refractivity contribution >= 4 is 11.9 Å². The third-order valence-corrected chi connectivity index (χ3v) is 22.3. The van der Waals surface area contributed by atoms with Crippen molar-refractivity contribution in [2.45, 2.75) is 333 Å². The maximum Gasteiger partial charge on any atom is 0.331 e. The molecule has 0 aromatic carbocycles. The Morgan fingerprint density at radius 3 is 1.13 bits per heavy atom. The molecule has 30 atom stereocenters. The molecule has 5 rings (SSSR count). The van der Waals surface area contributed by atoms with E-state index in [0.717, 1.165) is 36.8 Å². The molecule has 0 amide bonds. The van der Waals surface area contributed by atoms with Crippen molar-refractivity contribution in [2.75, 3.05) is 28.4 Å². The highest BCUT2D eigenvalue weighted by atomic mass is 16.6. The number of methoxy groups -OCH3 is 4. The molecule has 2 fully saturated rings. The summed E-state index contributed by atoms with van der Waals surface area (Å²) >= 11 is 0. The van der Waals surface area contributed by atoms with E-state index in [2.05, 4.69) is 0 Å². The van der Waals surface area contributed by atoms with Gasteiger partial charge < -0.3 is 88.2 Å². The topological polar surface area (TPSA) is 288 Å². The standard InChI is InChI=1S/C78H132O20/c1-45-23-29-57(79)37-59-19-17-21-61(95-59)41-71(91-15)51(7)68(82)44-70(84)54(10)76(88)56(12)78(48(4)28-32-64-40-66(90-14)36-50(6)94-64)98-74(86)34-26-46(2)24-30-58(80)38-60-20-18-22-62(96-60)42-72(92-16)52(8)67(81)43-69(83)53(9)75(87)55(11)77(97-73(85)33-25-45)47(3)27-31-63-39-65(89-13)35-49(5)93-63/h17-20,23-26,33-34,47-72,75-84,87-88H,21-22,27-32,35-44H2,1-16H3/b33-25+,34-26+,45-23+,46-24+/t47-,48-,49-,50-,51-,52+,53+,54+,55-,56+,57-,58+,59-,60-,61-,62-,63-,64-,65+,66+,67-,68-,69+,70+,71+,72+,75-,76+,77-,78-/m0/s1. The number of fused-ring (bicyclic) bond motifs is 4. The van der Waals surface area contributed by atoms with Crippen LogP contribution in [0.5, 0.6) is 0 Å². The minimum absolute atomic E-state index is 0.0275. The molecule has 0 aliphatic carbocycles. The van der Waals surface area contributed by atoms with Gasteiger partial charge in [0.05, 0.1) is 122 Å². The molecule has 2 saturated heterocycles. The van der Waals surface area contributed by atoms with E-state index in [-0.39, 0.29) is 86.4 Å². The van der Waals surface area contributed by atoms with Gasteiger partial charge in [0.15, 0.2) is 0 Å². The number of aliphatic hydroxyl groups excluding tert-OH is 8. The van der Waals surface area contributed by atoms with Crippen LogP contribution in [0.25, 0.3) is 0 Å². The third kappa shape index (κ3) is 28.1. The van der Waals surface area contributed by atoms with Crippen LogP contribution in [0.15, 0.2) is 71.9 Å². The van der Waals surface area contributed by atoms with E-state index >= 15 is 0 Å². The Balaban J connectivity index is 1.36. The zero-order chi connectivity index (χ0) is 72.5. The fraction of sp³-hybridized carbons (Fsp3) is 0.821. The largest absolute Gasteiger partial charge is 0.459 e. The molecule has 564 valence electrons. The summed E-state index contributed by atoms with van der Waals surface area (Å²) in [5, 5.41) is 93.8. The molecule has 0 aromatic heterocycles. The molecule has 20 nitrogen and oxygen atoms in total. The smallest absolute Gasteiger partial charge is 0.331 e. The summed E-state index contributed by atoms with van der Waals surface area (Å²) in [6.45, 7) is 22.6. The molecule has 0 radical (unpaired) electrons. The first kappa shape index (κ1) is 85.4. The summed E-state index contributed by atoms with van der Waals surface area (Å²) in [7, 11) is 6.59. The molecule has 5 heterocycles. The first-order valence-electron chi connectivity index (χ1n) is 37.1. The molecule has 4 bridgehead atoms. The zero-order valence-corrected chi connectivity index (χ0v) is 62.3. The fourth-order valence-corrected chi connectivity index (χ4v) is 15.4. The van der Waals surface area contributed by atoms with E-state index in [0.29, 0.717) is 64.2 Å². The quantitative estimate of drug-likeness (QED) is 0.0666. The van der Waals surface area contributed by atoms with Crippen molar-refractivity contribution < 1.29 is 97.8 Å². The lowest BCUT2D eigenvalue weighted by Gasteiger charge is -2.38. The molecular formula is C78H132O20. The predicted octanol–water partition coefficient (Wildman–Crippen LogP) is 10.1. The molecule has 5 aliphatic rings. The average Bonchev–Trinajstić information content (AvgIpc) is 0.873. The molecule has 5 aliphatic heterocycles. The number of rotatable bonds is 12. The molecule has 20 heteroatoms. The maximum atomic E-state index is 13.8. The van der Waals surface area contributed by atoms with Crippen LogP contribution in [-0.4, -0.2) is 216 Å². The molecule has 0 aromatic rings. The van der Waals surface area contributed by atoms with Crippen LogP contribution in [-0.2, 0) is 57.0 Å². The van der Waals surface area contributed by atoms with E-state index in [9.17, 15) is 50.4 Å². The predicted molar refractivity (Wildman–Crippen MR) is 377 cm³/mol. The SMILES string of the molecule is CO[C@H]1C[C@H](CC[C@H](C)[C@@H]2OC(=O)/C=C/C(C)=C/C[C@@H](O)C[C@@H]3C=CC[C@@H](C[C@@H](OC)[C@H](C)[C@@H](O)C[C@@H](O)[C@@H](C)[C@H](O)[C@H](C)[C@H]([C@@H](C)CC[C@H]4C[C@H](OC)C[C@H](C)O4)OC(=O)/C=C/C(C)=C/C[C@H](O)C[C@@H]4C=CC[C@@H](C[C@@H](OC)[C@@H](C)[C@@H](O)C[C@@H](O)[C@@H](C)[C@@H](O)[C@H]2C)O4)O3)O[C@@H](C)C1. The van der Waals surface area contributed by atoms with Gasteiger partial charge in [0.2, 0.25) is 0 Å². The first-order valence-corrected chi connectivity index (χ1v) is 37.1. The summed E-state index contributed by atoms with van der Waals surface area (Å²) in [5.41, 5.74) is 1.44. The van der Waals surface area contributed by atoms with Crippen molar-refractivity contribution in [1.82, 2.24) is 0 Å². The molecule has 0 saturated carbocycles. The maximum absolute atomic E-state index is 13.8. The number of ether oxygens (including phenoxy) is 10. The zero-order valence-electron chi connectivity index (χ0n) is 62.3. The second-order valence-electron chi connectivity index (χ2n) is 30.3. The van der Waals surface area contributed by atoms with E-state index in [1.807, 2.05) is 106 Å². The van der Waals surface area contributed by atoms with Gasteiger partial charge in [-0.25, -0.2) is 9.59 Å². The minimum Gasteiger partial charge on any atom is -0.459 e. The Morgan fingerprint density at radius 1 is 0.429 bits per heavy atom. The van der Waals surface area contributed by atoms with Gasteiger partial charge in [-0.1, -0.05) is 115 Å². The van der Waals surface area contributed by atoms with Gasteiger partial charge in [0.1, 0.15) is 12.2 Å². The number of cyclic esters (lactones) is 2. The second kappa shape index (κ2) is 43.1. The molecule has 0 spiro atoms. The monoisotopic (exact) mass is 1390 g/mol. The first-order chi connectivity index (χ1) is 46.4. The number of aliphatic hydroxyl groups is 8. The van der Waals surface area contributed by atoms with Crippen molar-refractivity contribution in [2.24, 2.45) is 47.3 Å². The van der Waals surface area contributed by atoms with E-state index in [4.69, 9.17) is 47.4 Å². The Bertz CT molecular complexity index is 2320. The summed E-state index contributed by atoms with van der Waals surface area (Å²) in [6.07, 6.45) is 14.4. The summed E-state index contributed by atoms with van der Waals surface area (Å²) in [4.78, 5) is 27.7. The van der Waals surface area contributed by atoms with Gasteiger partial charge in [0.25, 0.3) is 0 Å². The molecular weight excluding hydrogens is 1260 g/mol. The minimum atomic E-state index is -1.14. The van der Waals surface area contributed by atoms with Crippen LogP contribution >= 0.6 is 0 Å². The number of allylic oxidation sites excluding steroid dienone is 4. The normalized spacial score (nSPS) is 43.3. The van der Waals surface area contributed by atoms with Crippen LogP contribution in [0.4, 0.5) is 0 Å². The Kier molecular flexibility index (Phi) is 37.6. The summed E-state index contributed by atoms with van der Waals surface area (Å²) in [5.74, 6) is -5.33. The fourth-order valence-electron chi connectivity index (χ4n) is 15.4. The Hall–Kier alpha value is -3.26. The van der Waals surface area contributed by atoms with E-state index in [1.165, 1.54) is 12.2 Å². The lowest BCUT2D eigenvalue weighted by Crippen LogP contribution is -2.45. The third-order valence-electron chi connectivity index (χ3n) is 22.3. The molecule has 0 unspecified atom stereocenters. The van der Waals surface area contributed by atoms with Crippen molar-refractivity contribution in [3.63, 3.8) is 0 Å². The van der Waals surface area contributed by atoms with Gasteiger partial charge in [-0.15, -0.1) is 0 Å². The number of hydrogen-bond donors (Lipinski definition) is 8. The van der Waals surface area contributed by atoms with Crippen molar-refractivity contribution in [3.05, 3.63) is 71.9 Å². The van der Waals surface area contributed by atoms with Crippen LogP contribution < -0.4 is 0 Å². The van der Waals surface area contributed by atoms with Gasteiger partial charge in [-0.05, 0) is 129 Å². The highest BCUT2D eigenvalue weighted by Gasteiger charge is 2.42. The number of carbonyl (C=O) groups excluding carboxylic acids is 2. The number of esters is 2. The van der Waals surface area contributed by atoms with Crippen LogP contribution in [0.1, 0.15) is 199 Å². The molecule has 8 N–H and O–H groups in total. The Morgan fingerprint density at radius 2 is 0.786 bits per heavy atom. The highest BCUT2D eigenvalue weighted by molar-refractivity contribution is 5.83. The summed E-state index contributed by atoms with van der Waals surface area (Å²) in [6, 6.07) is 0. The van der Waals surface area contributed by atoms with Crippen LogP contribution in [0.2, 0.25) is 0 Å². The lowest BCUT2D eigenvalue weighted by atomic mass is 9.79. The van der Waals surface area contributed by atoms with Gasteiger partial charge in [0, 0.05) is 102 Å². The van der Waals surface area contributed by atoms with Crippen LogP contribution in [0.3, 0.4) is 0 Å².